The van der Waals surface area contributed by atoms with E-state index in [4.69, 9.17) is 5.26 Å². The quantitative estimate of drug-likeness (QED) is 0.529. The number of amides is 1. The first-order valence-electron chi connectivity index (χ1n) is 10.8. The lowest BCUT2D eigenvalue weighted by Gasteiger charge is -2.29. The Hall–Kier alpha value is -3.68. The Balaban J connectivity index is 1.56. The molecule has 32 heavy (non-hydrogen) atoms. The van der Waals surface area contributed by atoms with E-state index in [1.54, 1.807) is 18.2 Å². The lowest BCUT2D eigenvalue weighted by Crippen LogP contribution is -2.37. The summed E-state index contributed by atoms with van der Waals surface area (Å²) < 4.78 is 0. The topological polar surface area (TPSA) is 64.3 Å². The molecular formula is C28H26N2O2. The van der Waals surface area contributed by atoms with Crippen molar-refractivity contribution in [1.29, 1.82) is 5.26 Å². The first kappa shape index (κ1) is 21.5. The highest BCUT2D eigenvalue weighted by Crippen LogP contribution is 2.36. The van der Waals surface area contributed by atoms with Crippen LogP contribution in [0, 0.1) is 17.2 Å². The molecule has 1 heterocycles. The van der Waals surface area contributed by atoms with Crippen molar-refractivity contribution < 1.29 is 9.90 Å². The molecule has 0 aromatic heterocycles. The van der Waals surface area contributed by atoms with Gasteiger partial charge in [0.25, 0.3) is 0 Å². The number of rotatable bonds is 7. The zero-order valence-electron chi connectivity index (χ0n) is 17.9. The first-order valence-corrected chi connectivity index (χ1v) is 10.8. The predicted molar refractivity (Wildman–Crippen MR) is 125 cm³/mol. The molecule has 0 bridgehead atoms. The number of aliphatic hydroxyl groups is 1. The van der Waals surface area contributed by atoms with Crippen LogP contribution in [0.1, 0.15) is 35.6 Å². The normalized spacial score (nSPS) is 18.9. The number of carbonyl (C=O) groups is 1. The maximum absolute atomic E-state index is 13.1. The zero-order chi connectivity index (χ0) is 22.5. The number of nitrogens with zero attached hydrogens (tertiary/aromatic N) is 2. The van der Waals surface area contributed by atoms with Crippen LogP contribution in [0.4, 0.5) is 0 Å². The summed E-state index contributed by atoms with van der Waals surface area (Å²) in [4.78, 5) is 14.9. The Labute approximate surface area is 189 Å². The fourth-order valence-corrected chi connectivity index (χ4v) is 4.42. The van der Waals surface area contributed by atoms with Crippen molar-refractivity contribution in [2.75, 3.05) is 0 Å². The summed E-state index contributed by atoms with van der Waals surface area (Å²) in [6.07, 6.45) is 2.23. The molecule has 3 atom stereocenters. The minimum atomic E-state index is -0.771. The third kappa shape index (κ3) is 4.49. The van der Waals surface area contributed by atoms with Gasteiger partial charge < -0.3 is 10.0 Å². The summed E-state index contributed by atoms with van der Waals surface area (Å²) in [5, 5.41) is 20.2. The average Bonchev–Trinajstić information content (AvgIpc) is 3.15. The van der Waals surface area contributed by atoms with Crippen LogP contribution in [0.15, 0.2) is 91.5 Å². The molecule has 1 aliphatic rings. The van der Waals surface area contributed by atoms with Crippen LogP contribution < -0.4 is 0 Å². The van der Waals surface area contributed by atoms with E-state index in [1.807, 2.05) is 71.6 Å². The molecule has 1 aliphatic heterocycles. The SMILES string of the molecule is C=CC[C@@H]1C[C@@H](C(O)c2ccc(-c3ccc(C#N)cc3)cc2)N(Cc2ccccc2)C1=O. The van der Waals surface area contributed by atoms with E-state index in [0.717, 1.165) is 22.3 Å². The van der Waals surface area contributed by atoms with Crippen molar-refractivity contribution in [2.45, 2.75) is 31.5 Å². The van der Waals surface area contributed by atoms with Crippen LogP contribution in [0.25, 0.3) is 11.1 Å². The third-order valence-electron chi connectivity index (χ3n) is 6.17. The van der Waals surface area contributed by atoms with Crippen molar-refractivity contribution >= 4 is 5.91 Å². The number of carbonyl (C=O) groups excluding carboxylic acids is 1. The van der Waals surface area contributed by atoms with Gasteiger partial charge in [-0.05, 0) is 47.2 Å². The number of hydrogen-bond donors (Lipinski definition) is 1. The minimum Gasteiger partial charge on any atom is -0.386 e. The molecule has 4 rings (SSSR count). The van der Waals surface area contributed by atoms with E-state index in [-0.39, 0.29) is 17.9 Å². The van der Waals surface area contributed by atoms with Crippen LogP contribution >= 0.6 is 0 Å². The van der Waals surface area contributed by atoms with E-state index >= 15 is 0 Å². The Morgan fingerprint density at radius 2 is 1.66 bits per heavy atom. The van der Waals surface area contributed by atoms with Gasteiger partial charge in [0.15, 0.2) is 0 Å². The summed E-state index contributed by atoms with van der Waals surface area (Å²) >= 11 is 0. The lowest BCUT2D eigenvalue weighted by atomic mass is 9.94. The van der Waals surface area contributed by atoms with E-state index in [2.05, 4.69) is 12.6 Å². The van der Waals surface area contributed by atoms with Crippen LogP contribution in [-0.2, 0) is 11.3 Å². The molecule has 1 amide bonds. The standard InChI is InChI=1S/C28H26N2O2/c1-2-6-25-17-26(30(28(25)32)19-21-7-4-3-5-8-21)27(31)24-15-13-23(14-16-24)22-11-9-20(18-29)10-12-22/h2-5,7-16,25-27,31H,1,6,17,19H2/t25-,26+,27?/m1/s1. The molecule has 0 spiro atoms. The fourth-order valence-electron chi connectivity index (χ4n) is 4.42. The predicted octanol–water partition coefficient (Wildman–Crippen LogP) is 5.25. The maximum Gasteiger partial charge on any atom is 0.226 e. The van der Waals surface area contributed by atoms with Crippen molar-refractivity contribution in [2.24, 2.45) is 5.92 Å². The number of nitriles is 1. The first-order chi connectivity index (χ1) is 15.6. The second-order valence-corrected chi connectivity index (χ2v) is 8.23. The lowest BCUT2D eigenvalue weighted by molar-refractivity contribution is -0.133. The second kappa shape index (κ2) is 9.64. The second-order valence-electron chi connectivity index (χ2n) is 8.23. The minimum absolute atomic E-state index is 0.0759. The van der Waals surface area contributed by atoms with Crippen LogP contribution in [-0.4, -0.2) is 22.0 Å². The Morgan fingerprint density at radius 1 is 1.03 bits per heavy atom. The molecule has 1 N–H and O–H groups in total. The fraction of sp³-hybridized carbons (Fsp3) is 0.214. The van der Waals surface area contributed by atoms with Gasteiger partial charge in [0.2, 0.25) is 5.91 Å². The summed E-state index contributed by atoms with van der Waals surface area (Å²) in [5.74, 6) is -0.0687. The van der Waals surface area contributed by atoms with Crippen molar-refractivity contribution in [3.63, 3.8) is 0 Å². The smallest absolute Gasteiger partial charge is 0.226 e. The summed E-state index contributed by atoms with van der Waals surface area (Å²) in [5.41, 5.74) is 4.49. The highest BCUT2D eigenvalue weighted by atomic mass is 16.3. The van der Waals surface area contributed by atoms with Crippen LogP contribution in [0.2, 0.25) is 0 Å². The van der Waals surface area contributed by atoms with E-state index in [1.165, 1.54) is 0 Å². The van der Waals surface area contributed by atoms with E-state index < -0.39 is 6.10 Å². The molecule has 0 radical (unpaired) electrons. The van der Waals surface area contributed by atoms with Gasteiger partial charge in [-0.25, -0.2) is 0 Å². The molecule has 3 aromatic carbocycles. The zero-order valence-corrected chi connectivity index (χ0v) is 17.9. The monoisotopic (exact) mass is 422 g/mol. The molecule has 1 fully saturated rings. The summed E-state index contributed by atoms with van der Waals surface area (Å²) in [6.45, 7) is 4.28. The van der Waals surface area contributed by atoms with Crippen molar-refractivity contribution in [1.82, 2.24) is 4.90 Å². The molecule has 0 saturated carbocycles. The van der Waals surface area contributed by atoms with Gasteiger partial charge in [-0.3, -0.25) is 4.79 Å². The van der Waals surface area contributed by atoms with Gasteiger partial charge in [0, 0.05) is 12.5 Å². The van der Waals surface area contributed by atoms with Crippen molar-refractivity contribution in [3.05, 3.63) is 108 Å². The highest BCUT2D eigenvalue weighted by Gasteiger charge is 2.42. The molecule has 0 aliphatic carbocycles. The van der Waals surface area contributed by atoms with Crippen LogP contribution in [0.5, 0.6) is 0 Å². The van der Waals surface area contributed by atoms with Gasteiger partial charge in [0.05, 0.1) is 23.8 Å². The van der Waals surface area contributed by atoms with Gasteiger partial charge in [-0.2, -0.15) is 5.26 Å². The number of hydrogen-bond acceptors (Lipinski definition) is 3. The van der Waals surface area contributed by atoms with Gasteiger partial charge in [-0.15, -0.1) is 6.58 Å². The molecule has 3 aromatic rings. The Kier molecular flexibility index (Phi) is 6.49. The molecule has 160 valence electrons. The molecule has 4 nitrogen and oxygen atoms in total. The Bertz CT molecular complexity index is 1110. The summed E-state index contributed by atoms with van der Waals surface area (Å²) in [7, 11) is 0. The van der Waals surface area contributed by atoms with Gasteiger partial charge in [-0.1, -0.05) is 72.8 Å². The summed E-state index contributed by atoms with van der Waals surface area (Å²) in [6, 6.07) is 26.9. The van der Waals surface area contributed by atoms with Gasteiger partial charge >= 0.3 is 0 Å². The Morgan fingerprint density at radius 3 is 2.25 bits per heavy atom. The number of allylic oxidation sites excluding steroid dienone is 1. The highest BCUT2D eigenvalue weighted by molar-refractivity contribution is 5.82. The van der Waals surface area contributed by atoms with E-state index in [0.29, 0.717) is 24.9 Å². The number of benzene rings is 3. The molecule has 1 unspecified atom stereocenters. The maximum atomic E-state index is 13.1. The molecular weight excluding hydrogens is 396 g/mol. The van der Waals surface area contributed by atoms with Crippen molar-refractivity contribution in [3.8, 4) is 17.2 Å². The van der Waals surface area contributed by atoms with Gasteiger partial charge in [0.1, 0.15) is 0 Å². The van der Waals surface area contributed by atoms with E-state index in [9.17, 15) is 9.90 Å². The van der Waals surface area contributed by atoms with Crippen LogP contribution in [0.3, 0.4) is 0 Å². The molecule has 4 heteroatoms. The average molecular weight is 423 g/mol. The number of likely N-dealkylation sites (tertiary alicyclic amines) is 1. The largest absolute Gasteiger partial charge is 0.386 e. The molecule has 1 saturated heterocycles. The third-order valence-corrected chi connectivity index (χ3v) is 6.17. The number of aliphatic hydroxyl groups excluding tert-OH is 1.